The van der Waals surface area contributed by atoms with Crippen LogP contribution in [0.5, 0.6) is 0 Å². The molecule has 1 atom stereocenters. The van der Waals surface area contributed by atoms with Crippen LogP contribution in [0.25, 0.3) is 0 Å². The Bertz CT molecular complexity index is 685. The average Bonchev–Trinajstić information content (AvgIpc) is 2.96. The highest BCUT2D eigenvalue weighted by atomic mass is 79.9. The van der Waals surface area contributed by atoms with Crippen molar-refractivity contribution in [2.75, 3.05) is 0 Å². The van der Waals surface area contributed by atoms with Crippen molar-refractivity contribution >= 4 is 39.1 Å². The number of carboxylic acids is 1. The first kappa shape index (κ1) is 17.7. The Morgan fingerprint density at radius 1 is 1.30 bits per heavy atom. The van der Waals surface area contributed by atoms with Crippen molar-refractivity contribution in [3.05, 3.63) is 56.2 Å². The lowest BCUT2D eigenvalue weighted by atomic mass is 10.0. The summed E-state index contributed by atoms with van der Waals surface area (Å²) in [5.74, 6) is -1.30. The summed E-state index contributed by atoms with van der Waals surface area (Å²) >= 11 is 4.81. The van der Waals surface area contributed by atoms with Gasteiger partial charge in [-0.05, 0) is 30.2 Å². The molecule has 1 amide bonds. The Hall–Kier alpha value is -1.70. The monoisotopic (exact) mass is 396 g/mol. The fraction of sp³-hybridized carbons (Fsp3) is 0.250. The van der Waals surface area contributed by atoms with E-state index in [1.807, 2.05) is 24.3 Å². The number of carbonyl (C=O) groups is 2. The quantitative estimate of drug-likeness (QED) is 0.639. The minimum absolute atomic E-state index is 0.0319. The highest BCUT2D eigenvalue weighted by Gasteiger charge is 2.14. The van der Waals surface area contributed by atoms with Crippen LogP contribution in [0, 0.1) is 0 Å². The molecule has 122 valence electrons. The molecule has 0 saturated carbocycles. The minimum Gasteiger partial charge on any atom is -0.481 e. The maximum absolute atomic E-state index is 11.1. The Kier molecular flexibility index (Phi) is 6.32. The van der Waals surface area contributed by atoms with Gasteiger partial charge in [0.05, 0.1) is 12.0 Å². The molecule has 0 saturated heterocycles. The highest BCUT2D eigenvalue weighted by molar-refractivity contribution is 9.10. The summed E-state index contributed by atoms with van der Waals surface area (Å²) in [6, 6.07) is 9.36. The number of primary amides is 1. The number of aliphatic carboxylic acids is 1. The Balaban J connectivity index is 1.98. The number of nitrogens with two attached hydrogens (primary N) is 1. The van der Waals surface area contributed by atoms with E-state index in [9.17, 15) is 9.59 Å². The first-order valence-electron chi connectivity index (χ1n) is 7.01. The Labute approximate surface area is 146 Å². The second kappa shape index (κ2) is 8.24. The summed E-state index contributed by atoms with van der Waals surface area (Å²) in [5.41, 5.74) is 6.78. The van der Waals surface area contributed by atoms with Crippen molar-refractivity contribution in [2.45, 2.75) is 25.4 Å². The van der Waals surface area contributed by atoms with E-state index in [1.54, 1.807) is 11.4 Å². The van der Waals surface area contributed by atoms with Crippen LogP contribution in [0.15, 0.2) is 40.2 Å². The lowest BCUT2D eigenvalue weighted by Gasteiger charge is -2.16. The SMILES string of the molecule is NC(=O)c1csc(CN[C@H](CC(=O)O)Cc2ccc(Br)cc2)c1. The van der Waals surface area contributed by atoms with E-state index in [4.69, 9.17) is 10.8 Å². The van der Waals surface area contributed by atoms with Crippen LogP contribution < -0.4 is 11.1 Å². The van der Waals surface area contributed by atoms with Crippen LogP contribution in [0.1, 0.15) is 27.2 Å². The number of carboxylic acid groups (broad SMARTS) is 1. The lowest BCUT2D eigenvalue weighted by molar-refractivity contribution is -0.137. The summed E-state index contributed by atoms with van der Waals surface area (Å²) in [6.07, 6.45) is 0.651. The van der Waals surface area contributed by atoms with Gasteiger partial charge in [0.25, 0.3) is 0 Å². The molecule has 0 aliphatic heterocycles. The molecule has 0 unspecified atom stereocenters. The maximum atomic E-state index is 11.1. The molecule has 2 rings (SSSR count). The fourth-order valence-electron chi connectivity index (χ4n) is 2.18. The molecule has 0 spiro atoms. The number of thiophene rings is 1. The molecule has 1 heterocycles. The minimum atomic E-state index is -0.844. The molecule has 7 heteroatoms. The van der Waals surface area contributed by atoms with Crippen LogP contribution in [0.2, 0.25) is 0 Å². The number of halogens is 1. The first-order chi connectivity index (χ1) is 10.9. The van der Waals surface area contributed by atoms with Crippen molar-refractivity contribution in [3.8, 4) is 0 Å². The number of hydrogen-bond donors (Lipinski definition) is 3. The summed E-state index contributed by atoms with van der Waals surface area (Å²) in [4.78, 5) is 23.1. The van der Waals surface area contributed by atoms with Crippen molar-refractivity contribution in [3.63, 3.8) is 0 Å². The van der Waals surface area contributed by atoms with E-state index in [2.05, 4.69) is 21.2 Å². The van der Waals surface area contributed by atoms with Crippen molar-refractivity contribution in [1.82, 2.24) is 5.32 Å². The molecule has 0 aliphatic rings. The van der Waals surface area contributed by atoms with Gasteiger partial charge in [-0.15, -0.1) is 11.3 Å². The van der Waals surface area contributed by atoms with Gasteiger partial charge in [0.15, 0.2) is 0 Å². The molecule has 1 aromatic carbocycles. The van der Waals surface area contributed by atoms with Gasteiger partial charge < -0.3 is 16.2 Å². The molecule has 1 aromatic heterocycles. The summed E-state index contributed by atoms with van der Waals surface area (Å²) in [7, 11) is 0. The smallest absolute Gasteiger partial charge is 0.304 e. The molecule has 0 aliphatic carbocycles. The molecule has 4 N–H and O–H groups in total. The average molecular weight is 397 g/mol. The molecule has 0 fully saturated rings. The topological polar surface area (TPSA) is 92.4 Å². The van der Waals surface area contributed by atoms with Crippen LogP contribution in [-0.2, 0) is 17.8 Å². The first-order valence-corrected chi connectivity index (χ1v) is 8.68. The molecular weight excluding hydrogens is 380 g/mol. The van der Waals surface area contributed by atoms with Gasteiger partial charge in [-0.2, -0.15) is 0 Å². The molecule has 0 radical (unpaired) electrons. The second-order valence-electron chi connectivity index (χ2n) is 5.17. The number of benzene rings is 1. The second-order valence-corrected chi connectivity index (χ2v) is 7.08. The van der Waals surface area contributed by atoms with E-state index in [0.717, 1.165) is 14.9 Å². The van der Waals surface area contributed by atoms with Gasteiger partial charge in [0, 0.05) is 27.3 Å². The Morgan fingerprint density at radius 2 is 2.00 bits per heavy atom. The van der Waals surface area contributed by atoms with E-state index >= 15 is 0 Å². The standard InChI is InChI=1S/C16H17BrN2O3S/c17-12-3-1-10(2-4-12)5-13(7-15(20)21)19-8-14-6-11(9-23-14)16(18)22/h1-4,6,9,13,19H,5,7-8H2,(H2,18,22)(H,20,21)/t13-/m0/s1. The van der Waals surface area contributed by atoms with Gasteiger partial charge in [-0.1, -0.05) is 28.1 Å². The van der Waals surface area contributed by atoms with Crippen LogP contribution in [0.4, 0.5) is 0 Å². The number of nitrogens with one attached hydrogen (secondary N) is 1. The fourth-order valence-corrected chi connectivity index (χ4v) is 3.27. The third-order valence-corrected chi connectivity index (χ3v) is 4.79. The molecule has 5 nitrogen and oxygen atoms in total. The van der Waals surface area contributed by atoms with Crippen LogP contribution in [-0.4, -0.2) is 23.0 Å². The van der Waals surface area contributed by atoms with Gasteiger partial charge >= 0.3 is 5.97 Å². The van der Waals surface area contributed by atoms with Crippen molar-refractivity contribution < 1.29 is 14.7 Å². The third-order valence-electron chi connectivity index (χ3n) is 3.32. The number of carbonyl (C=O) groups excluding carboxylic acids is 1. The number of rotatable bonds is 8. The molecule has 2 aromatic rings. The van der Waals surface area contributed by atoms with E-state index in [1.165, 1.54) is 11.3 Å². The zero-order valence-corrected chi connectivity index (χ0v) is 14.7. The maximum Gasteiger partial charge on any atom is 0.304 e. The highest BCUT2D eigenvalue weighted by Crippen LogP contribution is 2.16. The van der Waals surface area contributed by atoms with Gasteiger partial charge in [-0.3, -0.25) is 9.59 Å². The predicted octanol–water partition coefficient (Wildman–Crippen LogP) is 2.79. The summed E-state index contributed by atoms with van der Waals surface area (Å²) in [5, 5.41) is 14.0. The van der Waals surface area contributed by atoms with Gasteiger partial charge in [-0.25, -0.2) is 0 Å². The van der Waals surface area contributed by atoms with E-state index in [0.29, 0.717) is 18.5 Å². The third kappa shape index (κ3) is 5.78. The lowest BCUT2D eigenvalue weighted by Crippen LogP contribution is -2.32. The van der Waals surface area contributed by atoms with Gasteiger partial charge in [0.1, 0.15) is 0 Å². The van der Waals surface area contributed by atoms with E-state index in [-0.39, 0.29) is 12.5 Å². The Morgan fingerprint density at radius 3 is 2.57 bits per heavy atom. The zero-order chi connectivity index (χ0) is 16.8. The predicted molar refractivity (Wildman–Crippen MR) is 93.6 cm³/mol. The van der Waals surface area contributed by atoms with Crippen molar-refractivity contribution in [1.29, 1.82) is 0 Å². The molecular formula is C16H17BrN2O3S. The van der Waals surface area contributed by atoms with Crippen LogP contribution in [0.3, 0.4) is 0 Å². The van der Waals surface area contributed by atoms with Crippen molar-refractivity contribution in [2.24, 2.45) is 5.73 Å². The van der Waals surface area contributed by atoms with Crippen LogP contribution >= 0.6 is 27.3 Å². The molecule has 0 bridgehead atoms. The summed E-state index contributed by atoms with van der Waals surface area (Å²) in [6.45, 7) is 0.506. The number of hydrogen-bond acceptors (Lipinski definition) is 4. The molecule has 23 heavy (non-hydrogen) atoms. The normalized spacial score (nSPS) is 12.0. The zero-order valence-electron chi connectivity index (χ0n) is 12.3. The van der Waals surface area contributed by atoms with E-state index < -0.39 is 11.9 Å². The summed E-state index contributed by atoms with van der Waals surface area (Å²) < 4.78 is 0.988. The number of amides is 1. The largest absolute Gasteiger partial charge is 0.481 e. The van der Waals surface area contributed by atoms with Gasteiger partial charge in [0.2, 0.25) is 5.91 Å².